The predicted molar refractivity (Wildman–Crippen MR) is 71.9 cm³/mol. The third kappa shape index (κ3) is 3.19. The number of carbonyl (C=O) groups excluding carboxylic acids is 1. The third-order valence-electron chi connectivity index (χ3n) is 3.51. The Balaban J connectivity index is 2.17. The largest absolute Gasteiger partial charge is 0.367 e. The Labute approximate surface area is 113 Å². The standard InChI is InChI=1S/C15H20FNO2/c1-10(2)17-6-7-19-14(9-17)15(18)12-8-11(3)4-5-13(12)16/h4-5,8,10,14H,6-7,9H2,1-3H3. The summed E-state index contributed by atoms with van der Waals surface area (Å²) in [4.78, 5) is 14.5. The van der Waals surface area contributed by atoms with Crippen LogP contribution in [0.4, 0.5) is 4.39 Å². The lowest BCUT2D eigenvalue weighted by Gasteiger charge is -2.34. The predicted octanol–water partition coefficient (Wildman–Crippen LogP) is 2.43. The van der Waals surface area contributed by atoms with E-state index in [1.807, 2.05) is 6.92 Å². The Morgan fingerprint density at radius 2 is 2.21 bits per heavy atom. The number of Topliss-reactive ketones (excluding diaryl/α,β-unsaturated/α-hetero) is 1. The van der Waals surface area contributed by atoms with Crippen LogP contribution in [0.1, 0.15) is 29.8 Å². The SMILES string of the molecule is Cc1ccc(F)c(C(=O)C2CN(C(C)C)CCO2)c1. The maximum Gasteiger partial charge on any atom is 0.195 e. The van der Waals surface area contributed by atoms with Crippen LogP contribution in [0.25, 0.3) is 0 Å². The molecular weight excluding hydrogens is 245 g/mol. The number of ether oxygens (including phenoxy) is 1. The van der Waals surface area contributed by atoms with Gasteiger partial charge in [0.2, 0.25) is 0 Å². The minimum Gasteiger partial charge on any atom is -0.367 e. The Morgan fingerprint density at radius 3 is 2.89 bits per heavy atom. The number of rotatable bonds is 3. The zero-order valence-electron chi connectivity index (χ0n) is 11.6. The lowest BCUT2D eigenvalue weighted by molar-refractivity contribution is -0.0257. The van der Waals surface area contributed by atoms with Crippen LogP contribution in [0.5, 0.6) is 0 Å². The summed E-state index contributed by atoms with van der Waals surface area (Å²) < 4.78 is 19.3. The molecule has 0 bridgehead atoms. The van der Waals surface area contributed by atoms with Crippen LogP contribution in [0.3, 0.4) is 0 Å². The molecule has 0 spiro atoms. The van der Waals surface area contributed by atoms with Crippen LogP contribution in [-0.2, 0) is 4.74 Å². The Kier molecular flexibility index (Phi) is 4.32. The van der Waals surface area contributed by atoms with Crippen LogP contribution in [-0.4, -0.2) is 42.5 Å². The maximum atomic E-state index is 13.7. The zero-order valence-corrected chi connectivity index (χ0v) is 11.6. The molecule has 1 fully saturated rings. The van der Waals surface area contributed by atoms with Crippen LogP contribution >= 0.6 is 0 Å². The molecular formula is C15H20FNO2. The van der Waals surface area contributed by atoms with E-state index in [2.05, 4.69) is 18.7 Å². The summed E-state index contributed by atoms with van der Waals surface area (Å²) in [7, 11) is 0. The Hall–Kier alpha value is -1.26. The van der Waals surface area contributed by atoms with Crippen molar-refractivity contribution in [2.45, 2.75) is 32.9 Å². The molecule has 0 N–H and O–H groups in total. The summed E-state index contributed by atoms with van der Waals surface area (Å²) in [5, 5.41) is 0. The van der Waals surface area contributed by atoms with Crippen LogP contribution in [0.2, 0.25) is 0 Å². The van der Waals surface area contributed by atoms with Crippen molar-refractivity contribution in [3.8, 4) is 0 Å². The smallest absolute Gasteiger partial charge is 0.195 e. The molecule has 1 aromatic carbocycles. The highest BCUT2D eigenvalue weighted by Crippen LogP contribution is 2.17. The van der Waals surface area contributed by atoms with E-state index in [9.17, 15) is 9.18 Å². The van der Waals surface area contributed by atoms with Crippen molar-refractivity contribution in [2.75, 3.05) is 19.7 Å². The highest BCUT2D eigenvalue weighted by molar-refractivity contribution is 6.00. The number of morpholine rings is 1. The Bertz CT molecular complexity index is 473. The molecule has 1 heterocycles. The van der Waals surface area contributed by atoms with Gasteiger partial charge in [-0.2, -0.15) is 0 Å². The molecule has 0 saturated carbocycles. The van der Waals surface area contributed by atoms with Gasteiger partial charge >= 0.3 is 0 Å². The second kappa shape index (κ2) is 5.80. The molecule has 104 valence electrons. The molecule has 1 atom stereocenters. The van der Waals surface area contributed by atoms with E-state index in [1.165, 1.54) is 6.07 Å². The van der Waals surface area contributed by atoms with Gasteiger partial charge in [-0.3, -0.25) is 9.69 Å². The lowest BCUT2D eigenvalue weighted by Crippen LogP contribution is -2.48. The molecule has 1 aromatic rings. The second-order valence-corrected chi connectivity index (χ2v) is 5.30. The first-order valence-corrected chi connectivity index (χ1v) is 6.65. The third-order valence-corrected chi connectivity index (χ3v) is 3.51. The lowest BCUT2D eigenvalue weighted by atomic mass is 10.0. The van der Waals surface area contributed by atoms with Crippen molar-refractivity contribution < 1.29 is 13.9 Å². The quantitative estimate of drug-likeness (QED) is 0.786. The zero-order chi connectivity index (χ0) is 14.0. The van der Waals surface area contributed by atoms with Crippen molar-refractivity contribution in [1.29, 1.82) is 0 Å². The summed E-state index contributed by atoms with van der Waals surface area (Å²) in [6.45, 7) is 7.88. The Morgan fingerprint density at radius 1 is 1.47 bits per heavy atom. The van der Waals surface area contributed by atoms with Gasteiger partial charge in [0.25, 0.3) is 0 Å². The van der Waals surface area contributed by atoms with Crippen molar-refractivity contribution >= 4 is 5.78 Å². The highest BCUT2D eigenvalue weighted by Gasteiger charge is 2.29. The highest BCUT2D eigenvalue weighted by atomic mass is 19.1. The molecule has 3 nitrogen and oxygen atoms in total. The van der Waals surface area contributed by atoms with Crippen molar-refractivity contribution in [3.05, 3.63) is 35.1 Å². The van der Waals surface area contributed by atoms with E-state index in [4.69, 9.17) is 4.74 Å². The number of carbonyl (C=O) groups is 1. The summed E-state index contributed by atoms with van der Waals surface area (Å²) in [6.07, 6.45) is -0.563. The van der Waals surface area contributed by atoms with E-state index in [-0.39, 0.29) is 11.3 Å². The molecule has 1 aliphatic heterocycles. The molecule has 0 radical (unpaired) electrons. The summed E-state index contributed by atoms with van der Waals surface area (Å²) in [5.74, 6) is -0.729. The second-order valence-electron chi connectivity index (χ2n) is 5.30. The minimum atomic E-state index is -0.563. The van der Waals surface area contributed by atoms with Gasteiger partial charge in [-0.15, -0.1) is 0 Å². The van der Waals surface area contributed by atoms with E-state index in [1.54, 1.807) is 12.1 Å². The fraction of sp³-hybridized carbons (Fsp3) is 0.533. The van der Waals surface area contributed by atoms with Gasteiger partial charge in [0, 0.05) is 19.1 Å². The normalized spacial score (nSPS) is 20.8. The summed E-state index contributed by atoms with van der Waals surface area (Å²) >= 11 is 0. The topological polar surface area (TPSA) is 29.5 Å². The fourth-order valence-electron chi connectivity index (χ4n) is 2.30. The molecule has 19 heavy (non-hydrogen) atoms. The van der Waals surface area contributed by atoms with Gasteiger partial charge in [-0.05, 0) is 32.9 Å². The summed E-state index contributed by atoms with van der Waals surface area (Å²) in [6, 6.07) is 4.96. The molecule has 1 saturated heterocycles. The number of hydrogen-bond acceptors (Lipinski definition) is 3. The van der Waals surface area contributed by atoms with Gasteiger partial charge in [0.15, 0.2) is 5.78 Å². The number of halogens is 1. The van der Waals surface area contributed by atoms with E-state index < -0.39 is 11.9 Å². The molecule has 1 aliphatic rings. The van der Waals surface area contributed by atoms with Crippen molar-refractivity contribution in [3.63, 3.8) is 0 Å². The van der Waals surface area contributed by atoms with Crippen molar-refractivity contribution in [1.82, 2.24) is 4.90 Å². The average Bonchev–Trinajstić information content (AvgIpc) is 2.41. The van der Waals surface area contributed by atoms with Gasteiger partial charge < -0.3 is 4.74 Å². The van der Waals surface area contributed by atoms with E-state index in [0.717, 1.165) is 12.1 Å². The number of ketones is 1. The molecule has 1 unspecified atom stereocenters. The molecule has 2 rings (SSSR count). The van der Waals surface area contributed by atoms with Crippen molar-refractivity contribution in [2.24, 2.45) is 0 Å². The summed E-state index contributed by atoms with van der Waals surface area (Å²) in [5.41, 5.74) is 1.01. The number of hydrogen-bond donors (Lipinski definition) is 0. The van der Waals surface area contributed by atoms with Gasteiger partial charge in [-0.25, -0.2) is 4.39 Å². The number of nitrogens with zero attached hydrogens (tertiary/aromatic N) is 1. The van der Waals surface area contributed by atoms with Crippen LogP contribution < -0.4 is 0 Å². The monoisotopic (exact) mass is 265 g/mol. The maximum absolute atomic E-state index is 13.7. The van der Waals surface area contributed by atoms with Crippen LogP contribution in [0, 0.1) is 12.7 Å². The van der Waals surface area contributed by atoms with Gasteiger partial charge in [0.1, 0.15) is 11.9 Å². The number of aryl methyl sites for hydroxylation is 1. The van der Waals surface area contributed by atoms with Gasteiger partial charge in [-0.1, -0.05) is 11.6 Å². The van der Waals surface area contributed by atoms with Gasteiger partial charge in [0.05, 0.1) is 12.2 Å². The van der Waals surface area contributed by atoms with Crippen LogP contribution in [0.15, 0.2) is 18.2 Å². The molecule has 0 aromatic heterocycles. The van der Waals surface area contributed by atoms with E-state index in [0.29, 0.717) is 19.2 Å². The number of benzene rings is 1. The average molecular weight is 265 g/mol. The van der Waals surface area contributed by atoms with E-state index >= 15 is 0 Å². The first kappa shape index (κ1) is 14.2. The first-order chi connectivity index (χ1) is 8.99. The fourth-order valence-corrected chi connectivity index (χ4v) is 2.30. The minimum absolute atomic E-state index is 0.135. The molecule has 0 aliphatic carbocycles. The molecule has 4 heteroatoms. The molecule has 0 amide bonds. The first-order valence-electron chi connectivity index (χ1n) is 6.65.